The zero-order chi connectivity index (χ0) is 23.8. The Morgan fingerprint density at radius 1 is 1.15 bits per heavy atom. The molecule has 2 heterocycles. The van der Waals surface area contributed by atoms with Gasteiger partial charge in [-0.1, -0.05) is 30.7 Å². The van der Waals surface area contributed by atoms with Crippen molar-refractivity contribution in [3.05, 3.63) is 52.4 Å². The summed E-state index contributed by atoms with van der Waals surface area (Å²) in [4.78, 5) is 29.5. The Morgan fingerprint density at radius 2 is 1.82 bits per heavy atom. The first-order chi connectivity index (χ1) is 15.6. The highest BCUT2D eigenvalue weighted by molar-refractivity contribution is 6.30. The van der Waals surface area contributed by atoms with Gasteiger partial charge in [0, 0.05) is 54.5 Å². The number of rotatable bonds is 5. The number of aromatic nitrogens is 2. The molecular formula is C26H36ClN5O. The first-order valence-corrected chi connectivity index (χ1v) is 12.4. The van der Waals surface area contributed by atoms with Crippen molar-refractivity contribution in [2.24, 2.45) is 0 Å². The van der Waals surface area contributed by atoms with E-state index in [2.05, 4.69) is 54.5 Å². The fourth-order valence-corrected chi connectivity index (χ4v) is 4.93. The van der Waals surface area contributed by atoms with Gasteiger partial charge in [0.05, 0.1) is 5.92 Å². The van der Waals surface area contributed by atoms with Crippen LogP contribution in [-0.2, 0) is 11.2 Å². The lowest BCUT2D eigenvalue weighted by atomic mass is 9.94. The zero-order valence-corrected chi connectivity index (χ0v) is 21.3. The molecule has 1 aromatic carbocycles. The number of nitrogens with zero attached hydrogens (tertiary/aromatic N) is 5. The maximum absolute atomic E-state index is 13.8. The summed E-state index contributed by atoms with van der Waals surface area (Å²) in [6, 6.07) is 7.73. The highest BCUT2D eigenvalue weighted by Gasteiger charge is 2.33. The molecule has 0 saturated carbocycles. The lowest BCUT2D eigenvalue weighted by Gasteiger charge is -2.40. The molecule has 2 atom stereocenters. The van der Waals surface area contributed by atoms with Gasteiger partial charge in [-0.25, -0.2) is 9.97 Å². The molecule has 1 aliphatic heterocycles. The Labute approximate surface area is 202 Å². The minimum Gasteiger partial charge on any atom is -0.353 e. The molecule has 6 nitrogen and oxygen atoms in total. The average molecular weight is 470 g/mol. The Morgan fingerprint density at radius 3 is 2.45 bits per heavy atom. The van der Waals surface area contributed by atoms with E-state index in [0.29, 0.717) is 30.6 Å². The second kappa shape index (κ2) is 9.59. The van der Waals surface area contributed by atoms with Crippen molar-refractivity contribution in [2.75, 3.05) is 44.7 Å². The van der Waals surface area contributed by atoms with Crippen molar-refractivity contribution in [1.82, 2.24) is 19.8 Å². The Bertz CT molecular complexity index is 979. The average Bonchev–Trinajstić information content (AvgIpc) is 3.18. The van der Waals surface area contributed by atoms with Gasteiger partial charge in [0.1, 0.15) is 12.1 Å². The minimum absolute atomic E-state index is 0.0201. The van der Waals surface area contributed by atoms with Crippen LogP contribution < -0.4 is 4.90 Å². The number of likely N-dealkylation sites (N-methyl/N-ethyl adjacent to an activating group) is 1. The normalized spacial score (nSPS) is 19.7. The van der Waals surface area contributed by atoms with Crippen LogP contribution in [0.3, 0.4) is 0 Å². The summed E-state index contributed by atoms with van der Waals surface area (Å²) in [6.07, 6.45) is 3.88. The summed E-state index contributed by atoms with van der Waals surface area (Å²) < 4.78 is 0. The number of carbonyl (C=O) groups is 1. The number of anilines is 1. The molecule has 1 aromatic heterocycles. The number of halogens is 1. The molecule has 1 saturated heterocycles. The molecule has 0 unspecified atom stereocenters. The van der Waals surface area contributed by atoms with E-state index < -0.39 is 0 Å². The van der Waals surface area contributed by atoms with Crippen molar-refractivity contribution < 1.29 is 4.79 Å². The highest BCUT2D eigenvalue weighted by Crippen LogP contribution is 2.37. The van der Waals surface area contributed by atoms with Gasteiger partial charge in [-0.05, 0) is 64.3 Å². The Kier molecular flexibility index (Phi) is 6.96. The molecule has 33 heavy (non-hydrogen) atoms. The van der Waals surface area contributed by atoms with Crippen molar-refractivity contribution in [1.29, 1.82) is 0 Å². The number of hydrogen-bond acceptors (Lipinski definition) is 5. The summed E-state index contributed by atoms with van der Waals surface area (Å²) in [5, 5.41) is 0.689. The fourth-order valence-electron chi connectivity index (χ4n) is 4.80. The SMILES string of the molecule is C[C@@H]1CCc2ncnc(N3CCN(C(=O)[C@H](CN(C)C(C)(C)C)c4ccc(Cl)cc4)CC3)c21. The molecule has 0 radical (unpaired) electrons. The minimum atomic E-state index is -0.221. The van der Waals surface area contributed by atoms with Crippen molar-refractivity contribution in [3.63, 3.8) is 0 Å². The molecule has 1 amide bonds. The van der Waals surface area contributed by atoms with Gasteiger partial charge in [0.25, 0.3) is 0 Å². The smallest absolute Gasteiger partial charge is 0.231 e. The second-order valence-electron chi connectivity index (χ2n) is 10.5. The van der Waals surface area contributed by atoms with E-state index >= 15 is 0 Å². The molecule has 4 rings (SSSR count). The maximum Gasteiger partial charge on any atom is 0.231 e. The van der Waals surface area contributed by atoms with Crippen LogP contribution in [0, 0.1) is 0 Å². The molecule has 0 N–H and O–H groups in total. The fraction of sp³-hybridized carbons (Fsp3) is 0.577. The van der Waals surface area contributed by atoms with Gasteiger partial charge >= 0.3 is 0 Å². The number of aryl methyl sites for hydroxylation is 1. The van der Waals surface area contributed by atoms with E-state index in [-0.39, 0.29) is 17.4 Å². The monoisotopic (exact) mass is 469 g/mol. The van der Waals surface area contributed by atoms with Gasteiger partial charge in [0.15, 0.2) is 0 Å². The lowest BCUT2D eigenvalue weighted by Crippen LogP contribution is -2.52. The second-order valence-corrected chi connectivity index (χ2v) is 10.9. The van der Waals surface area contributed by atoms with Crippen LogP contribution in [0.1, 0.15) is 62.8 Å². The molecule has 1 aliphatic carbocycles. The molecule has 178 valence electrons. The van der Waals surface area contributed by atoms with Crippen LogP contribution >= 0.6 is 11.6 Å². The van der Waals surface area contributed by atoms with Crippen LogP contribution in [0.2, 0.25) is 5.02 Å². The van der Waals surface area contributed by atoms with Gasteiger partial charge < -0.3 is 14.7 Å². The summed E-state index contributed by atoms with van der Waals surface area (Å²) in [5.74, 6) is 1.53. The van der Waals surface area contributed by atoms with E-state index in [1.54, 1.807) is 6.33 Å². The highest BCUT2D eigenvalue weighted by atomic mass is 35.5. The number of benzene rings is 1. The molecule has 2 aromatic rings. The van der Waals surface area contributed by atoms with Crippen LogP contribution in [0.5, 0.6) is 0 Å². The molecule has 0 spiro atoms. The van der Waals surface area contributed by atoms with Crippen LogP contribution in [0.4, 0.5) is 5.82 Å². The quantitative estimate of drug-likeness (QED) is 0.651. The van der Waals surface area contributed by atoms with E-state index in [4.69, 9.17) is 11.6 Å². The topological polar surface area (TPSA) is 52.6 Å². The summed E-state index contributed by atoms with van der Waals surface area (Å²) in [5.41, 5.74) is 3.50. The number of amides is 1. The summed E-state index contributed by atoms with van der Waals surface area (Å²) in [7, 11) is 2.09. The number of carbonyl (C=O) groups excluding carboxylic acids is 1. The predicted octanol–water partition coefficient (Wildman–Crippen LogP) is 4.34. The third-order valence-corrected chi connectivity index (χ3v) is 7.57. The zero-order valence-electron chi connectivity index (χ0n) is 20.5. The Balaban J connectivity index is 1.49. The third-order valence-electron chi connectivity index (χ3n) is 7.32. The molecular weight excluding hydrogens is 434 g/mol. The van der Waals surface area contributed by atoms with Crippen molar-refractivity contribution in [3.8, 4) is 0 Å². The summed E-state index contributed by atoms with van der Waals surface area (Å²) in [6.45, 7) is 12.5. The van der Waals surface area contributed by atoms with E-state index in [1.807, 2.05) is 29.2 Å². The van der Waals surface area contributed by atoms with Gasteiger partial charge in [-0.15, -0.1) is 0 Å². The van der Waals surface area contributed by atoms with Crippen molar-refractivity contribution >= 4 is 23.3 Å². The van der Waals surface area contributed by atoms with Crippen molar-refractivity contribution in [2.45, 2.75) is 57.9 Å². The van der Waals surface area contributed by atoms with E-state index in [9.17, 15) is 4.79 Å². The standard InChI is InChI=1S/C26H36ClN5O/c1-18-6-11-22-23(18)24(29-17-28-22)31-12-14-32(15-13-31)25(33)21(16-30(5)26(2,3)4)19-7-9-20(27)10-8-19/h7-10,17-18,21H,6,11-16H2,1-5H3/t18-,21-/m1/s1. The number of piperazine rings is 1. The third kappa shape index (κ3) is 5.17. The van der Waals surface area contributed by atoms with E-state index in [1.165, 1.54) is 11.3 Å². The maximum atomic E-state index is 13.8. The van der Waals surface area contributed by atoms with Gasteiger partial charge in [-0.3, -0.25) is 4.79 Å². The Hall–Kier alpha value is -2.18. The van der Waals surface area contributed by atoms with E-state index in [0.717, 1.165) is 37.3 Å². The van der Waals surface area contributed by atoms with Crippen LogP contribution in [0.25, 0.3) is 0 Å². The van der Waals surface area contributed by atoms with Crippen LogP contribution in [0.15, 0.2) is 30.6 Å². The summed E-state index contributed by atoms with van der Waals surface area (Å²) >= 11 is 6.13. The first-order valence-electron chi connectivity index (χ1n) is 12.0. The molecule has 1 fully saturated rings. The predicted molar refractivity (Wildman–Crippen MR) is 134 cm³/mol. The molecule has 2 aliphatic rings. The van der Waals surface area contributed by atoms with Crippen LogP contribution in [-0.4, -0.2) is 71.0 Å². The number of fused-ring (bicyclic) bond motifs is 1. The van der Waals surface area contributed by atoms with Gasteiger partial charge in [0.2, 0.25) is 5.91 Å². The lowest BCUT2D eigenvalue weighted by molar-refractivity contribution is -0.133. The van der Waals surface area contributed by atoms with Gasteiger partial charge in [-0.2, -0.15) is 0 Å². The largest absolute Gasteiger partial charge is 0.353 e. The molecule has 0 bridgehead atoms. The first kappa shape index (κ1) is 24.0. The number of hydrogen-bond donors (Lipinski definition) is 0. The molecule has 7 heteroatoms.